The van der Waals surface area contributed by atoms with Crippen LogP contribution in [0.4, 0.5) is 0 Å². The van der Waals surface area contributed by atoms with E-state index < -0.39 is 0 Å². The van der Waals surface area contributed by atoms with Gasteiger partial charge in [-0.05, 0) is 25.3 Å². The van der Waals surface area contributed by atoms with Gasteiger partial charge < -0.3 is 11.1 Å². The van der Waals surface area contributed by atoms with E-state index in [0.29, 0.717) is 18.0 Å². The largest absolute Gasteiger partial charge is 0.326 e. The summed E-state index contributed by atoms with van der Waals surface area (Å²) in [5, 5.41) is 5.58. The molecule has 2 aliphatic heterocycles. The van der Waals surface area contributed by atoms with Crippen LogP contribution in [0, 0.1) is 5.92 Å². The fraction of sp³-hybridized carbons (Fsp3) is 1.00. The van der Waals surface area contributed by atoms with Crippen molar-refractivity contribution in [3.63, 3.8) is 0 Å². The molecule has 0 radical (unpaired) electrons. The van der Waals surface area contributed by atoms with Gasteiger partial charge >= 0.3 is 0 Å². The Morgan fingerprint density at radius 1 is 1.31 bits per heavy atom. The monoisotopic (exact) mass is 184 g/mol. The van der Waals surface area contributed by atoms with E-state index in [-0.39, 0.29) is 0 Å². The van der Waals surface area contributed by atoms with E-state index in [1.807, 2.05) is 0 Å². The highest BCUT2D eigenvalue weighted by Gasteiger charge is 2.34. The second kappa shape index (κ2) is 3.92. The van der Waals surface area contributed by atoms with Crippen LogP contribution in [-0.4, -0.2) is 43.8 Å². The third kappa shape index (κ3) is 1.86. The van der Waals surface area contributed by atoms with Crippen LogP contribution in [0.3, 0.4) is 0 Å². The lowest BCUT2D eigenvalue weighted by Crippen LogP contribution is -2.53. The molecular weight excluding hydrogens is 164 g/mol. The molecule has 3 atom stereocenters. The first kappa shape index (κ1) is 9.40. The first-order valence-electron chi connectivity index (χ1n) is 5.21. The third-order valence-corrected chi connectivity index (χ3v) is 3.38. The molecule has 4 heteroatoms. The molecule has 0 aromatic carbocycles. The Labute approximate surface area is 79.8 Å². The maximum absolute atomic E-state index is 6.10. The Kier molecular flexibility index (Phi) is 2.83. The topological polar surface area (TPSA) is 53.3 Å². The van der Waals surface area contributed by atoms with E-state index in [9.17, 15) is 0 Å². The highest BCUT2D eigenvalue weighted by molar-refractivity contribution is 4.91. The molecule has 3 unspecified atom stereocenters. The molecule has 13 heavy (non-hydrogen) atoms. The zero-order valence-electron chi connectivity index (χ0n) is 8.29. The summed E-state index contributed by atoms with van der Waals surface area (Å²) in [4.78, 5) is 0. The SMILES string of the molecule is CN1NCCC1C1CCNCC1N. The van der Waals surface area contributed by atoms with E-state index in [4.69, 9.17) is 5.73 Å². The van der Waals surface area contributed by atoms with Crippen molar-refractivity contribution in [2.75, 3.05) is 26.7 Å². The third-order valence-electron chi connectivity index (χ3n) is 3.38. The van der Waals surface area contributed by atoms with Crippen molar-refractivity contribution in [3.8, 4) is 0 Å². The van der Waals surface area contributed by atoms with Crippen molar-refractivity contribution in [3.05, 3.63) is 0 Å². The van der Waals surface area contributed by atoms with Crippen LogP contribution >= 0.6 is 0 Å². The van der Waals surface area contributed by atoms with Gasteiger partial charge in [0.15, 0.2) is 0 Å². The van der Waals surface area contributed by atoms with Crippen LogP contribution in [-0.2, 0) is 0 Å². The van der Waals surface area contributed by atoms with Crippen molar-refractivity contribution in [2.24, 2.45) is 11.7 Å². The molecule has 4 nitrogen and oxygen atoms in total. The van der Waals surface area contributed by atoms with Crippen LogP contribution < -0.4 is 16.5 Å². The summed E-state index contributed by atoms with van der Waals surface area (Å²) in [7, 11) is 2.13. The van der Waals surface area contributed by atoms with Crippen molar-refractivity contribution in [1.82, 2.24) is 15.8 Å². The summed E-state index contributed by atoms with van der Waals surface area (Å²) in [5.74, 6) is 0.668. The van der Waals surface area contributed by atoms with E-state index in [1.54, 1.807) is 0 Å². The second-order valence-electron chi connectivity index (χ2n) is 4.20. The summed E-state index contributed by atoms with van der Waals surface area (Å²) in [6, 6.07) is 0.984. The molecule has 2 rings (SSSR count). The van der Waals surface area contributed by atoms with Gasteiger partial charge in [0.05, 0.1) is 0 Å². The molecule has 0 aromatic heterocycles. The zero-order chi connectivity index (χ0) is 9.26. The minimum absolute atomic E-state index is 0.334. The average Bonchev–Trinajstić information content (AvgIpc) is 2.52. The number of rotatable bonds is 1. The van der Waals surface area contributed by atoms with Crippen LogP contribution in [0.15, 0.2) is 0 Å². The summed E-state index contributed by atoms with van der Waals surface area (Å²) < 4.78 is 0. The molecule has 0 aromatic rings. The Morgan fingerprint density at radius 3 is 2.77 bits per heavy atom. The molecule has 76 valence electrons. The minimum atomic E-state index is 0.334. The zero-order valence-corrected chi connectivity index (χ0v) is 8.29. The molecule has 2 saturated heterocycles. The quantitative estimate of drug-likeness (QED) is 0.496. The van der Waals surface area contributed by atoms with Crippen LogP contribution in [0.25, 0.3) is 0 Å². The lowest BCUT2D eigenvalue weighted by Gasteiger charge is -2.36. The van der Waals surface area contributed by atoms with Gasteiger partial charge in [-0.3, -0.25) is 5.43 Å². The Hall–Kier alpha value is -0.160. The van der Waals surface area contributed by atoms with Crippen molar-refractivity contribution < 1.29 is 0 Å². The number of hydrogen-bond donors (Lipinski definition) is 3. The predicted molar refractivity (Wildman–Crippen MR) is 53.1 cm³/mol. The summed E-state index contributed by atoms with van der Waals surface area (Å²) in [6.07, 6.45) is 2.46. The molecule has 2 heterocycles. The first-order valence-corrected chi connectivity index (χ1v) is 5.21. The molecule has 0 spiro atoms. The summed E-state index contributed by atoms with van der Waals surface area (Å²) in [5.41, 5.74) is 9.45. The molecule has 4 N–H and O–H groups in total. The van der Waals surface area contributed by atoms with Crippen LogP contribution in [0.1, 0.15) is 12.8 Å². The number of nitrogens with two attached hydrogens (primary N) is 1. The van der Waals surface area contributed by atoms with Gasteiger partial charge in [-0.15, -0.1) is 0 Å². The summed E-state index contributed by atoms with van der Waals surface area (Å²) >= 11 is 0. The van der Waals surface area contributed by atoms with Crippen molar-refractivity contribution >= 4 is 0 Å². The normalized spacial score (nSPS) is 42.5. The number of hydrogen-bond acceptors (Lipinski definition) is 4. The maximum atomic E-state index is 6.10. The Balaban J connectivity index is 1.97. The van der Waals surface area contributed by atoms with Gasteiger partial charge in [-0.25, -0.2) is 5.01 Å². The number of nitrogens with zero attached hydrogens (tertiary/aromatic N) is 1. The minimum Gasteiger partial charge on any atom is -0.326 e. The highest BCUT2D eigenvalue weighted by Crippen LogP contribution is 2.23. The van der Waals surface area contributed by atoms with Gasteiger partial charge in [-0.2, -0.15) is 0 Å². The first-order chi connectivity index (χ1) is 6.29. The van der Waals surface area contributed by atoms with E-state index in [1.165, 1.54) is 12.8 Å². The molecule has 0 aliphatic carbocycles. The molecule has 0 saturated carbocycles. The smallest absolute Gasteiger partial charge is 0.0297 e. The van der Waals surface area contributed by atoms with Gasteiger partial charge in [0.25, 0.3) is 0 Å². The molecular formula is C9H20N4. The second-order valence-corrected chi connectivity index (χ2v) is 4.20. The fourth-order valence-corrected chi connectivity index (χ4v) is 2.58. The molecule has 2 fully saturated rings. The van der Waals surface area contributed by atoms with Crippen molar-refractivity contribution in [1.29, 1.82) is 0 Å². The van der Waals surface area contributed by atoms with E-state index in [0.717, 1.165) is 19.6 Å². The van der Waals surface area contributed by atoms with Gasteiger partial charge in [0.2, 0.25) is 0 Å². The van der Waals surface area contributed by atoms with Crippen molar-refractivity contribution in [2.45, 2.75) is 24.9 Å². The van der Waals surface area contributed by atoms with Gasteiger partial charge in [0, 0.05) is 32.2 Å². The van der Waals surface area contributed by atoms with Crippen LogP contribution in [0.5, 0.6) is 0 Å². The van der Waals surface area contributed by atoms with Gasteiger partial charge in [-0.1, -0.05) is 0 Å². The molecule has 2 aliphatic rings. The lowest BCUT2D eigenvalue weighted by molar-refractivity contribution is 0.139. The fourth-order valence-electron chi connectivity index (χ4n) is 2.58. The van der Waals surface area contributed by atoms with E-state index in [2.05, 4.69) is 22.8 Å². The number of nitrogens with one attached hydrogen (secondary N) is 2. The predicted octanol–water partition coefficient (Wildman–Crippen LogP) is -0.868. The Morgan fingerprint density at radius 2 is 2.15 bits per heavy atom. The summed E-state index contributed by atoms with van der Waals surface area (Å²) in [6.45, 7) is 3.22. The van der Waals surface area contributed by atoms with E-state index >= 15 is 0 Å². The molecule has 0 amide bonds. The van der Waals surface area contributed by atoms with Gasteiger partial charge in [0.1, 0.15) is 0 Å². The highest BCUT2D eigenvalue weighted by atomic mass is 15.5. The lowest BCUT2D eigenvalue weighted by atomic mass is 9.85. The van der Waals surface area contributed by atoms with Crippen LogP contribution in [0.2, 0.25) is 0 Å². The number of piperidine rings is 1. The number of hydrazine groups is 1. The maximum Gasteiger partial charge on any atom is 0.0297 e. The Bertz CT molecular complexity index is 173. The standard InChI is InChI=1S/C9H20N4/c1-13-9(3-5-12-13)7-2-4-11-6-8(7)10/h7-9,11-12H,2-6,10H2,1H3. The average molecular weight is 184 g/mol. The molecule has 0 bridgehead atoms.